The Balaban J connectivity index is 1.62. The fourth-order valence-corrected chi connectivity index (χ4v) is 3.12. The largest absolute Gasteiger partial charge is 0.461 e. The van der Waals surface area contributed by atoms with Crippen molar-refractivity contribution in [1.82, 2.24) is 29.7 Å². The predicted octanol–water partition coefficient (Wildman–Crippen LogP) is 2.99. The van der Waals surface area contributed by atoms with Crippen LogP contribution in [-0.4, -0.2) is 54.9 Å². The number of halogens is 1. The van der Waals surface area contributed by atoms with Gasteiger partial charge in [0.2, 0.25) is 12.0 Å². The van der Waals surface area contributed by atoms with E-state index in [1.54, 1.807) is 23.1 Å². The summed E-state index contributed by atoms with van der Waals surface area (Å²) in [6, 6.07) is 7.27. The van der Waals surface area contributed by atoms with Gasteiger partial charge in [0.15, 0.2) is 11.5 Å². The Morgan fingerprint density at radius 3 is 2.75 bits per heavy atom. The molecule has 1 N–H and O–H groups in total. The number of ether oxygens (including phenoxy) is 2. The van der Waals surface area contributed by atoms with Crippen LogP contribution in [0.15, 0.2) is 49.2 Å². The molecule has 0 bridgehead atoms. The highest BCUT2D eigenvalue weighted by Gasteiger charge is 2.24. The molecule has 3 heterocycles. The minimum atomic E-state index is -0.986. The normalized spacial score (nSPS) is 12.0. The van der Waals surface area contributed by atoms with Gasteiger partial charge in [-0.1, -0.05) is 23.7 Å². The van der Waals surface area contributed by atoms with Gasteiger partial charge in [-0.3, -0.25) is 9.78 Å². The average Bonchev–Trinajstić information content (AvgIpc) is 3.23. The Hall–Kier alpha value is -3.63. The Kier molecular flexibility index (Phi) is 6.52. The molecule has 0 saturated carbocycles. The summed E-state index contributed by atoms with van der Waals surface area (Å²) in [5, 5.41) is 8.11. The second kappa shape index (κ2) is 9.67. The summed E-state index contributed by atoms with van der Waals surface area (Å²) in [7, 11) is 0. The summed E-state index contributed by atoms with van der Waals surface area (Å²) in [4.78, 5) is 29.6. The van der Waals surface area contributed by atoms with Crippen molar-refractivity contribution in [2.24, 2.45) is 0 Å². The number of carbonyl (C=O) groups is 1. The summed E-state index contributed by atoms with van der Waals surface area (Å²) < 4.78 is 13.0. The lowest BCUT2D eigenvalue weighted by molar-refractivity contribution is -0.125. The number of aryl methyl sites for hydroxylation is 1. The maximum absolute atomic E-state index is 12.8. The lowest BCUT2D eigenvalue weighted by Crippen LogP contribution is -2.37. The molecule has 0 aliphatic rings. The van der Waals surface area contributed by atoms with Crippen LogP contribution in [0.2, 0.25) is 5.02 Å². The van der Waals surface area contributed by atoms with E-state index in [2.05, 4.69) is 30.4 Å². The van der Waals surface area contributed by atoms with Crippen molar-refractivity contribution in [3.63, 3.8) is 0 Å². The fraction of sp³-hybridized carbons (Fsp3) is 0.238. The molecule has 4 rings (SSSR count). The number of hydrogen-bond acceptors (Lipinski definition) is 8. The summed E-state index contributed by atoms with van der Waals surface area (Å²) in [5.41, 5.74) is 1.89. The van der Waals surface area contributed by atoms with Crippen LogP contribution in [0.5, 0.6) is 5.88 Å². The van der Waals surface area contributed by atoms with Crippen molar-refractivity contribution in [2.45, 2.75) is 20.0 Å². The highest BCUT2D eigenvalue weighted by Crippen LogP contribution is 2.27. The van der Waals surface area contributed by atoms with Crippen LogP contribution in [0, 0.1) is 6.92 Å². The Labute approximate surface area is 188 Å². The fourth-order valence-electron chi connectivity index (χ4n) is 2.90. The highest BCUT2D eigenvalue weighted by molar-refractivity contribution is 6.32. The van der Waals surface area contributed by atoms with Crippen molar-refractivity contribution < 1.29 is 14.3 Å². The van der Waals surface area contributed by atoms with E-state index in [1.807, 2.05) is 32.0 Å². The van der Waals surface area contributed by atoms with E-state index in [-0.39, 0.29) is 12.5 Å². The van der Waals surface area contributed by atoms with E-state index >= 15 is 0 Å². The van der Waals surface area contributed by atoms with Gasteiger partial charge in [0, 0.05) is 6.61 Å². The van der Waals surface area contributed by atoms with Gasteiger partial charge in [0.05, 0.1) is 41.6 Å². The zero-order valence-electron chi connectivity index (χ0n) is 17.4. The first-order valence-electron chi connectivity index (χ1n) is 9.84. The highest BCUT2D eigenvalue weighted by atomic mass is 35.5. The van der Waals surface area contributed by atoms with Gasteiger partial charge in [-0.05, 0) is 26.0 Å². The number of rotatable bonds is 8. The van der Waals surface area contributed by atoms with Crippen LogP contribution in [0.3, 0.4) is 0 Å². The molecule has 4 aromatic rings. The quantitative estimate of drug-likeness (QED) is 0.432. The third-order valence-electron chi connectivity index (χ3n) is 4.46. The number of para-hydroxylation sites is 1. The van der Waals surface area contributed by atoms with Gasteiger partial charge in [-0.2, -0.15) is 5.10 Å². The number of carbonyl (C=O) groups excluding carboxylic acids is 1. The lowest BCUT2D eigenvalue weighted by atomic mass is 10.3. The number of hydrogen-bond donors (Lipinski definition) is 1. The summed E-state index contributed by atoms with van der Waals surface area (Å²) in [5.74, 6) is 0.0649. The smallest absolute Gasteiger partial charge is 0.269 e. The van der Waals surface area contributed by atoms with Gasteiger partial charge in [-0.15, -0.1) is 0 Å². The molecule has 1 atom stereocenters. The second-order valence-electron chi connectivity index (χ2n) is 6.72. The summed E-state index contributed by atoms with van der Waals surface area (Å²) >= 11 is 6.31. The van der Waals surface area contributed by atoms with E-state index in [4.69, 9.17) is 21.1 Å². The molecule has 0 aliphatic heterocycles. The minimum absolute atomic E-state index is 0.0196. The number of nitrogens with zero attached hydrogens (tertiary/aromatic N) is 6. The third kappa shape index (κ3) is 4.66. The molecular weight excluding hydrogens is 434 g/mol. The zero-order valence-corrected chi connectivity index (χ0v) is 18.2. The Bertz CT molecular complexity index is 1230. The molecule has 0 saturated heterocycles. The summed E-state index contributed by atoms with van der Waals surface area (Å²) in [6.45, 7) is 4.08. The number of nitrogens with one attached hydrogen (secondary N) is 1. The first kappa shape index (κ1) is 21.6. The first-order valence-corrected chi connectivity index (χ1v) is 10.2. The van der Waals surface area contributed by atoms with E-state index in [1.165, 1.54) is 12.5 Å². The van der Waals surface area contributed by atoms with Crippen LogP contribution in [0.4, 0.5) is 5.82 Å². The molecule has 1 unspecified atom stereocenters. The van der Waals surface area contributed by atoms with Crippen molar-refractivity contribution in [3.8, 4) is 11.6 Å². The third-order valence-corrected chi connectivity index (χ3v) is 4.78. The Morgan fingerprint density at radius 1 is 1.16 bits per heavy atom. The zero-order chi connectivity index (χ0) is 22.5. The Morgan fingerprint density at radius 2 is 2.00 bits per heavy atom. The number of fused-ring (bicyclic) bond motifs is 1. The maximum Gasteiger partial charge on any atom is 0.269 e. The number of aromatic nitrogens is 6. The minimum Gasteiger partial charge on any atom is -0.461 e. The van der Waals surface area contributed by atoms with Crippen LogP contribution in [0.25, 0.3) is 16.7 Å². The van der Waals surface area contributed by atoms with E-state index < -0.39 is 12.0 Å². The molecule has 0 fully saturated rings. The average molecular weight is 454 g/mol. The molecule has 0 aliphatic carbocycles. The predicted molar refractivity (Wildman–Crippen MR) is 118 cm³/mol. The standard InChI is InChI=1S/C21H20ClN7O3/c1-3-31-11-17(20(30)28-18-10-23-13(2)8-24-18)32-21-14-9-27-29(19(14)25-12-26-21)16-7-5-4-6-15(16)22/h4-10,12,17H,3,11H2,1-2H3,(H,24,28,30). The molecule has 164 valence electrons. The van der Waals surface area contributed by atoms with Crippen LogP contribution in [-0.2, 0) is 9.53 Å². The second-order valence-corrected chi connectivity index (χ2v) is 7.13. The van der Waals surface area contributed by atoms with E-state index in [0.29, 0.717) is 34.2 Å². The van der Waals surface area contributed by atoms with Crippen molar-refractivity contribution in [3.05, 3.63) is 59.9 Å². The number of amides is 1. The van der Waals surface area contributed by atoms with E-state index in [0.717, 1.165) is 5.69 Å². The van der Waals surface area contributed by atoms with Crippen molar-refractivity contribution in [1.29, 1.82) is 0 Å². The van der Waals surface area contributed by atoms with Gasteiger partial charge >= 0.3 is 0 Å². The van der Waals surface area contributed by atoms with Crippen LogP contribution >= 0.6 is 11.6 Å². The number of benzene rings is 1. The molecule has 10 nitrogen and oxygen atoms in total. The maximum atomic E-state index is 12.8. The molecule has 3 aromatic heterocycles. The van der Waals surface area contributed by atoms with Crippen LogP contribution < -0.4 is 10.1 Å². The molecule has 32 heavy (non-hydrogen) atoms. The van der Waals surface area contributed by atoms with Gasteiger partial charge < -0.3 is 14.8 Å². The van der Waals surface area contributed by atoms with Gasteiger partial charge in [0.1, 0.15) is 11.7 Å². The topological polar surface area (TPSA) is 117 Å². The SMILES string of the molecule is CCOCC(Oc1ncnc2c1cnn2-c1ccccc1Cl)C(=O)Nc1cnc(C)cn1. The van der Waals surface area contributed by atoms with Crippen LogP contribution in [0.1, 0.15) is 12.6 Å². The lowest BCUT2D eigenvalue weighted by Gasteiger charge is -2.18. The molecule has 0 radical (unpaired) electrons. The molecule has 1 aromatic carbocycles. The summed E-state index contributed by atoms with van der Waals surface area (Å²) in [6.07, 6.45) is 4.95. The molecule has 1 amide bonds. The molecular formula is C21H20ClN7O3. The monoisotopic (exact) mass is 453 g/mol. The molecule has 11 heteroatoms. The van der Waals surface area contributed by atoms with Gasteiger partial charge in [-0.25, -0.2) is 19.6 Å². The van der Waals surface area contributed by atoms with Crippen molar-refractivity contribution in [2.75, 3.05) is 18.5 Å². The molecule has 0 spiro atoms. The van der Waals surface area contributed by atoms with Gasteiger partial charge in [0.25, 0.3) is 5.91 Å². The van der Waals surface area contributed by atoms with E-state index in [9.17, 15) is 4.79 Å². The van der Waals surface area contributed by atoms with Crippen molar-refractivity contribution >= 4 is 34.4 Å². The number of anilines is 1. The first-order chi connectivity index (χ1) is 15.6.